The standard InChI is InChI=1S/C13H21NO3/c1-6-13(4,5)12(16)17-9(3)11-10(15)7-8(2)14-11/h9,11H,6-7H2,1-5H3. The van der Waals surface area contributed by atoms with E-state index in [0.717, 1.165) is 5.71 Å². The van der Waals surface area contributed by atoms with Gasteiger partial charge in [-0.1, -0.05) is 6.92 Å². The normalized spacial score (nSPS) is 22.3. The van der Waals surface area contributed by atoms with Gasteiger partial charge in [0.1, 0.15) is 12.1 Å². The molecule has 0 radical (unpaired) electrons. The van der Waals surface area contributed by atoms with Crippen LogP contribution in [0.4, 0.5) is 0 Å². The topological polar surface area (TPSA) is 55.7 Å². The van der Waals surface area contributed by atoms with Crippen LogP contribution in [0.3, 0.4) is 0 Å². The lowest BCUT2D eigenvalue weighted by Gasteiger charge is -2.24. The predicted octanol–water partition coefficient (Wildman–Crippen LogP) is 2.16. The van der Waals surface area contributed by atoms with Gasteiger partial charge in [-0.2, -0.15) is 0 Å². The first-order valence-corrected chi connectivity index (χ1v) is 6.05. The number of Topliss-reactive ketones (excluding diaryl/α,β-unsaturated/α-hetero) is 1. The molecular formula is C13H21NO3. The van der Waals surface area contributed by atoms with Gasteiger partial charge in [0.2, 0.25) is 0 Å². The zero-order valence-electron chi connectivity index (χ0n) is 11.2. The second-order valence-electron chi connectivity index (χ2n) is 5.30. The summed E-state index contributed by atoms with van der Waals surface area (Å²) in [5.74, 6) is -0.225. The van der Waals surface area contributed by atoms with Crippen molar-refractivity contribution >= 4 is 17.5 Å². The Kier molecular flexibility index (Phi) is 4.07. The molecule has 17 heavy (non-hydrogen) atoms. The molecule has 1 rings (SSSR count). The third kappa shape index (κ3) is 3.14. The van der Waals surface area contributed by atoms with E-state index in [2.05, 4.69) is 4.99 Å². The zero-order valence-corrected chi connectivity index (χ0v) is 11.2. The van der Waals surface area contributed by atoms with Crippen molar-refractivity contribution in [3.05, 3.63) is 0 Å². The lowest BCUT2D eigenvalue weighted by Crippen LogP contribution is -2.36. The van der Waals surface area contributed by atoms with Crippen molar-refractivity contribution in [2.24, 2.45) is 10.4 Å². The molecule has 0 amide bonds. The summed E-state index contributed by atoms with van der Waals surface area (Å²) in [5.41, 5.74) is 0.312. The molecule has 2 atom stereocenters. The van der Waals surface area contributed by atoms with Crippen LogP contribution >= 0.6 is 0 Å². The highest BCUT2D eigenvalue weighted by atomic mass is 16.5. The Hall–Kier alpha value is -1.19. The van der Waals surface area contributed by atoms with Crippen LogP contribution < -0.4 is 0 Å². The highest BCUT2D eigenvalue weighted by molar-refractivity contribution is 6.08. The Morgan fingerprint density at radius 2 is 2.18 bits per heavy atom. The molecule has 1 aliphatic heterocycles. The molecule has 96 valence electrons. The maximum absolute atomic E-state index is 11.9. The van der Waals surface area contributed by atoms with Crippen LogP contribution in [0, 0.1) is 5.41 Å². The Morgan fingerprint density at radius 3 is 2.59 bits per heavy atom. The number of carbonyl (C=O) groups excluding carboxylic acids is 2. The Bertz CT molecular complexity index is 358. The van der Waals surface area contributed by atoms with Gasteiger partial charge < -0.3 is 4.74 Å². The monoisotopic (exact) mass is 239 g/mol. The van der Waals surface area contributed by atoms with Crippen LogP contribution in [-0.4, -0.2) is 29.6 Å². The molecule has 2 unspecified atom stereocenters. The van der Waals surface area contributed by atoms with Gasteiger partial charge >= 0.3 is 5.97 Å². The molecule has 0 aromatic rings. The molecule has 0 saturated carbocycles. The quantitative estimate of drug-likeness (QED) is 0.706. The van der Waals surface area contributed by atoms with Gasteiger partial charge in [-0.25, -0.2) is 0 Å². The number of ether oxygens (including phenoxy) is 1. The van der Waals surface area contributed by atoms with Gasteiger partial charge in [0.25, 0.3) is 0 Å². The fourth-order valence-corrected chi connectivity index (χ4v) is 1.62. The molecule has 0 aromatic carbocycles. The van der Waals surface area contributed by atoms with Crippen molar-refractivity contribution in [2.75, 3.05) is 0 Å². The minimum absolute atomic E-state index is 0.0390. The van der Waals surface area contributed by atoms with E-state index in [1.165, 1.54) is 0 Å². The van der Waals surface area contributed by atoms with Gasteiger partial charge in [0, 0.05) is 12.1 Å². The maximum atomic E-state index is 11.9. The first-order valence-electron chi connectivity index (χ1n) is 6.05. The molecule has 0 bridgehead atoms. The van der Waals surface area contributed by atoms with Crippen LogP contribution in [0.25, 0.3) is 0 Å². The van der Waals surface area contributed by atoms with E-state index in [9.17, 15) is 9.59 Å². The van der Waals surface area contributed by atoms with E-state index in [1.54, 1.807) is 6.92 Å². The molecule has 0 aromatic heterocycles. The van der Waals surface area contributed by atoms with Crippen molar-refractivity contribution in [2.45, 2.75) is 59.6 Å². The van der Waals surface area contributed by atoms with Crippen molar-refractivity contribution in [1.82, 2.24) is 0 Å². The third-order valence-corrected chi connectivity index (χ3v) is 3.29. The summed E-state index contributed by atoms with van der Waals surface area (Å²) >= 11 is 0. The molecule has 0 aliphatic carbocycles. The second-order valence-corrected chi connectivity index (χ2v) is 5.30. The lowest BCUT2D eigenvalue weighted by molar-refractivity contribution is -0.160. The van der Waals surface area contributed by atoms with E-state index in [4.69, 9.17) is 4.74 Å². The number of ketones is 1. The number of hydrogen-bond acceptors (Lipinski definition) is 4. The number of aliphatic imine (C=N–C) groups is 1. The van der Waals surface area contributed by atoms with Crippen LogP contribution in [0.1, 0.15) is 47.5 Å². The fraction of sp³-hybridized carbons (Fsp3) is 0.769. The Morgan fingerprint density at radius 1 is 1.59 bits per heavy atom. The predicted molar refractivity (Wildman–Crippen MR) is 66.1 cm³/mol. The van der Waals surface area contributed by atoms with E-state index in [1.807, 2.05) is 27.7 Å². The Balaban J connectivity index is 2.64. The van der Waals surface area contributed by atoms with Gasteiger partial charge in [0.05, 0.1) is 5.41 Å². The summed E-state index contributed by atoms with van der Waals surface area (Å²) in [6, 6.07) is -0.508. The van der Waals surface area contributed by atoms with Crippen molar-refractivity contribution in [1.29, 1.82) is 0 Å². The molecule has 0 saturated heterocycles. The number of hydrogen-bond donors (Lipinski definition) is 0. The minimum Gasteiger partial charge on any atom is -0.459 e. The number of nitrogens with zero attached hydrogens (tertiary/aromatic N) is 1. The van der Waals surface area contributed by atoms with Crippen LogP contribution in [-0.2, 0) is 14.3 Å². The number of esters is 1. The minimum atomic E-state index is -0.508. The highest BCUT2D eigenvalue weighted by Crippen LogP contribution is 2.24. The van der Waals surface area contributed by atoms with Gasteiger partial charge in [0.15, 0.2) is 5.78 Å². The molecule has 0 N–H and O–H groups in total. The zero-order chi connectivity index (χ0) is 13.2. The molecular weight excluding hydrogens is 218 g/mol. The first kappa shape index (κ1) is 13.9. The van der Waals surface area contributed by atoms with Crippen LogP contribution in [0.2, 0.25) is 0 Å². The molecule has 4 heteroatoms. The number of carbonyl (C=O) groups is 2. The summed E-state index contributed by atoms with van der Waals surface area (Å²) < 4.78 is 5.34. The second kappa shape index (κ2) is 4.98. The Labute approximate surface area is 102 Å². The summed E-state index contributed by atoms with van der Waals surface area (Å²) in [4.78, 5) is 27.7. The van der Waals surface area contributed by atoms with E-state index in [-0.39, 0.29) is 11.8 Å². The third-order valence-electron chi connectivity index (χ3n) is 3.29. The smallest absolute Gasteiger partial charge is 0.311 e. The van der Waals surface area contributed by atoms with E-state index in [0.29, 0.717) is 12.8 Å². The number of rotatable bonds is 4. The van der Waals surface area contributed by atoms with Gasteiger partial charge in [-0.15, -0.1) is 0 Å². The molecule has 1 heterocycles. The van der Waals surface area contributed by atoms with Crippen molar-refractivity contribution in [3.63, 3.8) is 0 Å². The van der Waals surface area contributed by atoms with Gasteiger partial charge in [-0.05, 0) is 34.1 Å². The van der Waals surface area contributed by atoms with Crippen LogP contribution in [0.15, 0.2) is 4.99 Å². The van der Waals surface area contributed by atoms with E-state index < -0.39 is 17.6 Å². The molecule has 1 aliphatic rings. The van der Waals surface area contributed by atoms with Gasteiger partial charge in [-0.3, -0.25) is 14.6 Å². The summed E-state index contributed by atoms with van der Waals surface area (Å²) in [5, 5.41) is 0. The fourth-order valence-electron chi connectivity index (χ4n) is 1.62. The lowest BCUT2D eigenvalue weighted by atomic mass is 9.90. The summed E-state index contributed by atoms with van der Waals surface area (Å²) in [6.07, 6.45) is 0.613. The largest absolute Gasteiger partial charge is 0.459 e. The molecule has 0 spiro atoms. The average Bonchev–Trinajstić information content (AvgIpc) is 2.57. The SMILES string of the molecule is CCC(C)(C)C(=O)OC(C)C1N=C(C)CC1=O. The van der Waals surface area contributed by atoms with E-state index >= 15 is 0 Å². The average molecular weight is 239 g/mol. The summed E-state index contributed by atoms with van der Waals surface area (Å²) in [6.45, 7) is 9.17. The van der Waals surface area contributed by atoms with Crippen LogP contribution in [0.5, 0.6) is 0 Å². The molecule has 4 nitrogen and oxygen atoms in total. The van der Waals surface area contributed by atoms with Crippen molar-refractivity contribution < 1.29 is 14.3 Å². The first-order chi connectivity index (χ1) is 7.77. The highest BCUT2D eigenvalue weighted by Gasteiger charge is 2.35. The van der Waals surface area contributed by atoms with Crippen molar-refractivity contribution in [3.8, 4) is 0 Å². The molecule has 0 fully saturated rings. The maximum Gasteiger partial charge on any atom is 0.311 e. The summed E-state index contributed by atoms with van der Waals surface area (Å²) in [7, 11) is 0.